The number of rotatable bonds is 2. The smallest absolute Gasteiger partial charge is 0.291 e. The summed E-state index contributed by atoms with van der Waals surface area (Å²) in [4.78, 5) is 12.3. The summed E-state index contributed by atoms with van der Waals surface area (Å²) >= 11 is 5.96. The highest BCUT2D eigenvalue weighted by Crippen LogP contribution is 2.28. The molecule has 3 rings (SSSR count). The molecule has 0 aliphatic carbocycles. The Balaban J connectivity index is 1.99. The van der Waals surface area contributed by atoms with Gasteiger partial charge in [-0.2, -0.15) is 0 Å². The van der Waals surface area contributed by atoms with Crippen molar-refractivity contribution >= 4 is 34.2 Å². The average Bonchev–Trinajstić information content (AvgIpc) is 2.80. The Hall–Kier alpha value is -2.33. The maximum absolute atomic E-state index is 13.7. The topological polar surface area (TPSA) is 42.2 Å². The van der Waals surface area contributed by atoms with E-state index in [1.54, 1.807) is 37.3 Å². The number of halogens is 2. The third-order valence-electron chi connectivity index (χ3n) is 3.47. The largest absolute Gasteiger partial charge is 0.451 e. The first-order valence-corrected chi connectivity index (χ1v) is 7.09. The first-order chi connectivity index (χ1) is 10.5. The Morgan fingerprint density at radius 1 is 1.18 bits per heavy atom. The standard InChI is InChI=1S/C17H13ClFNO2/c1-9-3-5-13(19)14(7-9)20-17(21)16-10(2)12-8-11(18)4-6-15(12)22-16/h3-8H,1-2H3,(H,20,21). The maximum atomic E-state index is 13.7. The van der Waals surface area contributed by atoms with Gasteiger partial charge in [-0.1, -0.05) is 17.7 Å². The lowest BCUT2D eigenvalue weighted by Gasteiger charge is -2.06. The molecule has 1 N–H and O–H groups in total. The summed E-state index contributed by atoms with van der Waals surface area (Å²) in [5.41, 5.74) is 2.22. The number of hydrogen-bond donors (Lipinski definition) is 1. The molecule has 0 radical (unpaired) electrons. The number of anilines is 1. The Morgan fingerprint density at radius 2 is 1.95 bits per heavy atom. The first-order valence-electron chi connectivity index (χ1n) is 6.72. The molecular formula is C17H13ClFNO2. The third kappa shape index (κ3) is 2.57. The highest BCUT2D eigenvalue weighted by Gasteiger charge is 2.19. The second kappa shape index (κ2) is 5.46. The van der Waals surface area contributed by atoms with Crippen LogP contribution >= 0.6 is 11.6 Å². The van der Waals surface area contributed by atoms with Gasteiger partial charge < -0.3 is 9.73 Å². The van der Waals surface area contributed by atoms with Crippen LogP contribution in [0.4, 0.5) is 10.1 Å². The summed E-state index contributed by atoms with van der Waals surface area (Å²) in [5, 5.41) is 3.87. The first kappa shape index (κ1) is 14.6. The van der Waals surface area contributed by atoms with Crippen molar-refractivity contribution in [1.82, 2.24) is 0 Å². The Kier molecular flexibility index (Phi) is 3.62. The predicted molar refractivity (Wildman–Crippen MR) is 85.1 cm³/mol. The highest BCUT2D eigenvalue weighted by atomic mass is 35.5. The van der Waals surface area contributed by atoms with Crippen molar-refractivity contribution in [2.45, 2.75) is 13.8 Å². The molecule has 0 spiro atoms. The van der Waals surface area contributed by atoms with Crippen molar-refractivity contribution in [2.24, 2.45) is 0 Å². The number of hydrogen-bond acceptors (Lipinski definition) is 2. The number of furan rings is 1. The molecule has 0 unspecified atom stereocenters. The summed E-state index contributed by atoms with van der Waals surface area (Å²) < 4.78 is 19.3. The third-order valence-corrected chi connectivity index (χ3v) is 3.71. The van der Waals surface area contributed by atoms with Crippen LogP contribution in [0.1, 0.15) is 21.7 Å². The van der Waals surface area contributed by atoms with Gasteiger partial charge in [0.05, 0.1) is 5.69 Å². The molecule has 0 saturated carbocycles. The van der Waals surface area contributed by atoms with Gasteiger partial charge in [0.2, 0.25) is 0 Å². The van der Waals surface area contributed by atoms with Crippen molar-refractivity contribution in [3.63, 3.8) is 0 Å². The minimum Gasteiger partial charge on any atom is -0.451 e. The second-order valence-corrected chi connectivity index (χ2v) is 5.57. The number of aryl methyl sites for hydroxylation is 2. The normalized spacial score (nSPS) is 10.9. The zero-order valence-corrected chi connectivity index (χ0v) is 12.8. The summed E-state index contributed by atoms with van der Waals surface area (Å²) in [5.74, 6) is -0.830. The molecule has 0 aliphatic rings. The summed E-state index contributed by atoms with van der Waals surface area (Å²) in [7, 11) is 0. The molecule has 0 aliphatic heterocycles. The lowest BCUT2D eigenvalue weighted by Crippen LogP contribution is -2.13. The van der Waals surface area contributed by atoms with Gasteiger partial charge in [-0.3, -0.25) is 4.79 Å². The van der Waals surface area contributed by atoms with Gasteiger partial charge in [0, 0.05) is 16.0 Å². The zero-order valence-electron chi connectivity index (χ0n) is 12.0. The number of fused-ring (bicyclic) bond motifs is 1. The van der Waals surface area contributed by atoms with E-state index in [0.717, 1.165) is 10.9 Å². The fraction of sp³-hybridized carbons (Fsp3) is 0.118. The predicted octanol–water partition coefficient (Wildman–Crippen LogP) is 5.09. The van der Waals surface area contributed by atoms with Crippen LogP contribution in [-0.2, 0) is 0 Å². The lowest BCUT2D eigenvalue weighted by atomic mass is 10.1. The molecule has 3 aromatic rings. The molecule has 3 nitrogen and oxygen atoms in total. The van der Waals surface area contributed by atoms with E-state index in [-0.39, 0.29) is 11.4 Å². The molecule has 1 heterocycles. The molecule has 0 bridgehead atoms. The average molecular weight is 318 g/mol. The molecule has 2 aromatic carbocycles. The van der Waals surface area contributed by atoms with E-state index < -0.39 is 11.7 Å². The zero-order chi connectivity index (χ0) is 15.9. The van der Waals surface area contributed by atoms with Crippen LogP contribution in [0.2, 0.25) is 5.02 Å². The van der Waals surface area contributed by atoms with Gasteiger partial charge in [0.15, 0.2) is 5.76 Å². The number of nitrogens with one attached hydrogen (secondary N) is 1. The Labute approximate surface area is 131 Å². The summed E-state index contributed by atoms with van der Waals surface area (Å²) in [6.45, 7) is 3.59. The van der Waals surface area contributed by atoms with E-state index in [9.17, 15) is 9.18 Å². The Bertz CT molecular complexity index is 886. The van der Waals surface area contributed by atoms with Crippen LogP contribution in [0, 0.1) is 19.7 Å². The van der Waals surface area contributed by atoms with Crippen LogP contribution < -0.4 is 5.32 Å². The van der Waals surface area contributed by atoms with Gasteiger partial charge >= 0.3 is 0 Å². The molecule has 0 fully saturated rings. The monoisotopic (exact) mass is 317 g/mol. The van der Waals surface area contributed by atoms with Crippen LogP contribution in [0.3, 0.4) is 0 Å². The van der Waals surface area contributed by atoms with Crippen LogP contribution in [0.25, 0.3) is 11.0 Å². The number of carbonyl (C=O) groups excluding carboxylic acids is 1. The van der Waals surface area contributed by atoms with E-state index in [2.05, 4.69) is 5.32 Å². The van der Waals surface area contributed by atoms with Crippen LogP contribution in [0.5, 0.6) is 0 Å². The molecule has 22 heavy (non-hydrogen) atoms. The van der Waals surface area contributed by atoms with E-state index >= 15 is 0 Å². The lowest BCUT2D eigenvalue weighted by molar-refractivity contribution is 0.0997. The maximum Gasteiger partial charge on any atom is 0.291 e. The molecule has 1 aromatic heterocycles. The molecule has 0 saturated heterocycles. The molecule has 112 valence electrons. The van der Waals surface area contributed by atoms with Crippen molar-refractivity contribution < 1.29 is 13.6 Å². The molecule has 0 atom stereocenters. The molecule has 5 heteroatoms. The molecule has 1 amide bonds. The van der Waals surface area contributed by atoms with Crippen LogP contribution in [-0.4, -0.2) is 5.91 Å². The summed E-state index contributed by atoms with van der Waals surface area (Å²) in [6.07, 6.45) is 0. The van der Waals surface area contributed by atoms with Gasteiger partial charge in [-0.15, -0.1) is 0 Å². The van der Waals surface area contributed by atoms with E-state index in [1.807, 2.05) is 6.92 Å². The van der Waals surface area contributed by atoms with Gasteiger partial charge in [-0.05, 0) is 49.7 Å². The van der Waals surface area contributed by atoms with Gasteiger partial charge in [0.25, 0.3) is 5.91 Å². The van der Waals surface area contributed by atoms with E-state index in [0.29, 0.717) is 16.2 Å². The van der Waals surface area contributed by atoms with Gasteiger partial charge in [-0.25, -0.2) is 4.39 Å². The number of amides is 1. The Morgan fingerprint density at radius 3 is 2.73 bits per heavy atom. The van der Waals surface area contributed by atoms with Crippen molar-refractivity contribution in [2.75, 3.05) is 5.32 Å². The fourth-order valence-electron chi connectivity index (χ4n) is 2.32. The van der Waals surface area contributed by atoms with Crippen molar-refractivity contribution in [3.8, 4) is 0 Å². The van der Waals surface area contributed by atoms with Gasteiger partial charge in [0.1, 0.15) is 11.4 Å². The number of carbonyl (C=O) groups is 1. The van der Waals surface area contributed by atoms with E-state index in [1.165, 1.54) is 6.07 Å². The van der Waals surface area contributed by atoms with Crippen LogP contribution in [0.15, 0.2) is 40.8 Å². The second-order valence-electron chi connectivity index (χ2n) is 5.13. The van der Waals surface area contributed by atoms with Crippen molar-refractivity contribution in [1.29, 1.82) is 0 Å². The summed E-state index contributed by atoms with van der Waals surface area (Å²) in [6, 6.07) is 9.65. The fourth-order valence-corrected chi connectivity index (χ4v) is 2.50. The number of benzene rings is 2. The SMILES string of the molecule is Cc1ccc(F)c(NC(=O)c2oc3ccc(Cl)cc3c2C)c1. The quantitative estimate of drug-likeness (QED) is 0.715. The van der Waals surface area contributed by atoms with E-state index in [4.69, 9.17) is 16.0 Å². The highest BCUT2D eigenvalue weighted by molar-refractivity contribution is 6.31. The molecular weight excluding hydrogens is 305 g/mol. The van der Waals surface area contributed by atoms with Crippen molar-refractivity contribution in [3.05, 3.63) is 64.1 Å². The minimum absolute atomic E-state index is 0.128. The minimum atomic E-state index is -0.491.